The van der Waals surface area contributed by atoms with E-state index in [1.54, 1.807) is 12.1 Å². The maximum absolute atomic E-state index is 12.5. The molecule has 2 aliphatic rings. The topological polar surface area (TPSA) is 52.6 Å². The fourth-order valence-corrected chi connectivity index (χ4v) is 4.43. The summed E-state index contributed by atoms with van der Waals surface area (Å²) in [6.07, 6.45) is 8.36. The number of carbonyl (C=O) groups excluding carboxylic acids is 2. The Bertz CT molecular complexity index is 954. The highest BCUT2D eigenvalue weighted by Crippen LogP contribution is 2.29. The van der Waals surface area contributed by atoms with Gasteiger partial charge in [-0.25, -0.2) is 4.79 Å². The third kappa shape index (κ3) is 6.23. The maximum Gasteiger partial charge on any atom is 0.338 e. The van der Waals surface area contributed by atoms with Gasteiger partial charge in [0.05, 0.1) is 11.5 Å². The SMILES string of the molecule is O=C(OC1CCC(C(=O)OC2CCCCC2)CC1)c1ccc(C#Cc2ccccc2)cc1. The molecule has 2 aromatic rings. The van der Waals surface area contributed by atoms with Gasteiger partial charge in [0.25, 0.3) is 0 Å². The molecule has 0 N–H and O–H groups in total. The molecule has 0 bridgehead atoms. The number of esters is 2. The fraction of sp³-hybridized carbons (Fsp3) is 0.429. The highest BCUT2D eigenvalue weighted by atomic mass is 16.5. The van der Waals surface area contributed by atoms with Crippen molar-refractivity contribution in [2.24, 2.45) is 5.92 Å². The Labute approximate surface area is 190 Å². The molecule has 0 aliphatic heterocycles. The lowest BCUT2D eigenvalue weighted by molar-refractivity contribution is -0.157. The van der Waals surface area contributed by atoms with Gasteiger partial charge in [-0.3, -0.25) is 4.79 Å². The Hall–Kier alpha value is -3.06. The minimum absolute atomic E-state index is 0.0608. The zero-order valence-electron chi connectivity index (χ0n) is 18.4. The maximum atomic E-state index is 12.5. The third-order valence-corrected chi connectivity index (χ3v) is 6.36. The molecule has 32 heavy (non-hydrogen) atoms. The van der Waals surface area contributed by atoms with Crippen LogP contribution in [0.3, 0.4) is 0 Å². The van der Waals surface area contributed by atoms with E-state index in [1.165, 1.54) is 6.42 Å². The molecule has 2 saturated carbocycles. The lowest BCUT2D eigenvalue weighted by Gasteiger charge is -2.29. The number of ether oxygens (including phenoxy) is 2. The van der Waals surface area contributed by atoms with Crippen LogP contribution in [0.2, 0.25) is 0 Å². The first-order valence-corrected chi connectivity index (χ1v) is 11.8. The molecule has 2 fully saturated rings. The lowest BCUT2D eigenvalue weighted by atomic mass is 9.87. The summed E-state index contributed by atoms with van der Waals surface area (Å²) in [5, 5.41) is 0. The van der Waals surface area contributed by atoms with E-state index in [1.807, 2.05) is 42.5 Å². The summed E-state index contributed by atoms with van der Waals surface area (Å²) in [5.74, 6) is 5.78. The summed E-state index contributed by atoms with van der Waals surface area (Å²) in [6.45, 7) is 0. The van der Waals surface area contributed by atoms with Gasteiger partial charge in [0, 0.05) is 11.1 Å². The monoisotopic (exact) mass is 430 g/mol. The Morgan fingerprint density at radius 1 is 0.656 bits per heavy atom. The minimum Gasteiger partial charge on any atom is -0.462 e. The molecular formula is C28H30O4. The molecule has 0 spiro atoms. The van der Waals surface area contributed by atoms with Crippen molar-refractivity contribution in [2.75, 3.05) is 0 Å². The number of hydrogen-bond acceptors (Lipinski definition) is 4. The van der Waals surface area contributed by atoms with E-state index in [0.717, 1.165) is 49.7 Å². The van der Waals surface area contributed by atoms with E-state index in [2.05, 4.69) is 11.8 Å². The second kappa shape index (κ2) is 11.0. The van der Waals surface area contributed by atoms with E-state index in [0.29, 0.717) is 18.4 Å². The first-order chi connectivity index (χ1) is 15.7. The molecule has 0 unspecified atom stereocenters. The van der Waals surface area contributed by atoms with Crippen molar-refractivity contribution in [1.29, 1.82) is 0 Å². The molecule has 2 aliphatic carbocycles. The minimum atomic E-state index is -0.319. The van der Waals surface area contributed by atoms with Crippen LogP contribution in [-0.2, 0) is 14.3 Å². The molecular weight excluding hydrogens is 400 g/mol. The first-order valence-electron chi connectivity index (χ1n) is 11.8. The summed E-state index contributed by atoms with van der Waals surface area (Å²) in [5.41, 5.74) is 2.32. The van der Waals surface area contributed by atoms with Crippen molar-refractivity contribution >= 4 is 11.9 Å². The van der Waals surface area contributed by atoms with Gasteiger partial charge in [-0.1, -0.05) is 36.5 Å². The van der Waals surface area contributed by atoms with Crippen molar-refractivity contribution in [2.45, 2.75) is 70.0 Å². The summed E-state index contributed by atoms with van der Waals surface area (Å²) in [4.78, 5) is 25.0. The van der Waals surface area contributed by atoms with Crippen molar-refractivity contribution in [3.05, 3.63) is 71.3 Å². The number of rotatable bonds is 4. The quantitative estimate of drug-likeness (QED) is 0.463. The lowest BCUT2D eigenvalue weighted by Crippen LogP contribution is -2.31. The van der Waals surface area contributed by atoms with Gasteiger partial charge in [0.2, 0.25) is 0 Å². The second-order valence-corrected chi connectivity index (χ2v) is 8.77. The highest BCUT2D eigenvalue weighted by Gasteiger charge is 2.31. The molecule has 0 saturated heterocycles. The van der Waals surface area contributed by atoms with Crippen molar-refractivity contribution in [3.8, 4) is 11.8 Å². The van der Waals surface area contributed by atoms with E-state index >= 15 is 0 Å². The molecule has 0 aromatic heterocycles. The van der Waals surface area contributed by atoms with Gasteiger partial charge in [-0.2, -0.15) is 0 Å². The normalized spacial score (nSPS) is 21.1. The number of carbonyl (C=O) groups is 2. The zero-order chi connectivity index (χ0) is 22.2. The summed E-state index contributed by atoms with van der Waals surface area (Å²) in [7, 11) is 0. The Morgan fingerprint density at radius 3 is 1.91 bits per heavy atom. The summed E-state index contributed by atoms with van der Waals surface area (Å²) in [6, 6.07) is 17.0. The smallest absolute Gasteiger partial charge is 0.338 e. The van der Waals surface area contributed by atoms with Crippen LogP contribution in [0.4, 0.5) is 0 Å². The van der Waals surface area contributed by atoms with E-state index < -0.39 is 0 Å². The van der Waals surface area contributed by atoms with E-state index in [4.69, 9.17) is 9.47 Å². The third-order valence-electron chi connectivity index (χ3n) is 6.36. The Kier molecular flexibility index (Phi) is 7.61. The van der Waals surface area contributed by atoms with Gasteiger partial charge in [-0.05, 0) is 87.8 Å². The predicted molar refractivity (Wildman–Crippen MR) is 123 cm³/mol. The summed E-state index contributed by atoms with van der Waals surface area (Å²) < 4.78 is 11.4. The van der Waals surface area contributed by atoms with Crippen LogP contribution in [0.1, 0.15) is 79.3 Å². The average Bonchev–Trinajstić information content (AvgIpc) is 2.85. The van der Waals surface area contributed by atoms with Crippen molar-refractivity contribution in [3.63, 3.8) is 0 Å². The second-order valence-electron chi connectivity index (χ2n) is 8.77. The van der Waals surface area contributed by atoms with Gasteiger partial charge >= 0.3 is 11.9 Å². The van der Waals surface area contributed by atoms with Crippen LogP contribution >= 0.6 is 0 Å². The van der Waals surface area contributed by atoms with Crippen LogP contribution in [0.5, 0.6) is 0 Å². The van der Waals surface area contributed by atoms with Crippen LogP contribution in [0.15, 0.2) is 54.6 Å². The van der Waals surface area contributed by atoms with Crippen LogP contribution in [0, 0.1) is 17.8 Å². The fourth-order valence-electron chi connectivity index (χ4n) is 4.43. The Balaban J connectivity index is 1.23. The number of benzene rings is 2. The molecule has 166 valence electrons. The summed E-state index contributed by atoms with van der Waals surface area (Å²) >= 11 is 0. The highest BCUT2D eigenvalue weighted by molar-refractivity contribution is 5.89. The molecule has 0 heterocycles. The molecule has 0 amide bonds. The van der Waals surface area contributed by atoms with Crippen LogP contribution in [-0.4, -0.2) is 24.1 Å². The zero-order valence-corrected chi connectivity index (χ0v) is 18.4. The standard InChI is InChI=1S/C28H30O4/c29-27(23-15-13-22(14-16-23)12-11-21-7-3-1-4-8-21)32-26-19-17-24(18-20-26)28(30)31-25-9-5-2-6-10-25/h1,3-4,7-8,13-16,24-26H,2,5-6,9-10,17-20H2. The molecule has 0 radical (unpaired) electrons. The van der Waals surface area contributed by atoms with Crippen molar-refractivity contribution in [1.82, 2.24) is 0 Å². The first kappa shape index (κ1) is 22.1. The number of hydrogen-bond donors (Lipinski definition) is 0. The van der Waals surface area contributed by atoms with Gasteiger partial charge < -0.3 is 9.47 Å². The van der Waals surface area contributed by atoms with E-state index in [9.17, 15) is 9.59 Å². The molecule has 4 heteroatoms. The Morgan fingerprint density at radius 2 is 1.25 bits per heavy atom. The van der Waals surface area contributed by atoms with Crippen LogP contribution in [0.25, 0.3) is 0 Å². The van der Waals surface area contributed by atoms with Gasteiger partial charge in [0.15, 0.2) is 0 Å². The molecule has 2 aromatic carbocycles. The van der Waals surface area contributed by atoms with Crippen LogP contribution < -0.4 is 0 Å². The van der Waals surface area contributed by atoms with Crippen molar-refractivity contribution < 1.29 is 19.1 Å². The molecule has 4 rings (SSSR count). The van der Waals surface area contributed by atoms with E-state index in [-0.39, 0.29) is 30.1 Å². The largest absolute Gasteiger partial charge is 0.462 e. The molecule has 0 atom stereocenters. The average molecular weight is 431 g/mol. The predicted octanol–water partition coefficient (Wildman–Crippen LogP) is 5.68. The van der Waals surface area contributed by atoms with Gasteiger partial charge in [0.1, 0.15) is 12.2 Å². The van der Waals surface area contributed by atoms with Gasteiger partial charge in [-0.15, -0.1) is 0 Å². The molecule has 4 nitrogen and oxygen atoms in total.